The van der Waals surface area contributed by atoms with Crippen LogP contribution in [0.5, 0.6) is 0 Å². The minimum Gasteiger partial charge on any atom is -0.355 e. The predicted octanol–water partition coefficient (Wildman–Crippen LogP) is -0.667. The molecule has 0 saturated carbocycles. The summed E-state index contributed by atoms with van der Waals surface area (Å²) in [7, 11) is 0. The van der Waals surface area contributed by atoms with Crippen LogP contribution in [0.25, 0.3) is 0 Å². The molecule has 2 N–H and O–H groups in total. The van der Waals surface area contributed by atoms with Gasteiger partial charge in [-0.3, -0.25) is 9.59 Å². The third-order valence-electron chi connectivity index (χ3n) is 3.30. The summed E-state index contributed by atoms with van der Waals surface area (Å²) < 4.78 is 0. The highest BCUT2D eigenvalue weighted by Gasteiger charge is 2.30. The zero-order valence-electron chi connectivity index (χ0n) is 9.66. The highest BCUT2D eigenvalue weighted by molar-refractivity contribution is 5.83. The lowest BCUT2D eigenvalue weighted by atomic mass is 9.97. The number of hydrogen-bond donors (Lipinski definition) is 2. The van der Waals surface area contributed by atoms with E-state index in [1.54, 1.807) is 0 Å². The molecular formula is C11H19N3O2. The SMILES string of the molecule is CC1CN(C(=O)C2CCC(=O)NC2)CCN1. The number of nitrogens with zero attached hydrogens (tertiary/aromatic N) is 1. The Labute approximate surface area is 95.6 Å². The second-order valence-corrected chi connectivity index (χ2v) is 4.68. The van der Waals surface area contributed by atoms with Gasteiger partial charge >= 0.3 is 0 Å². The van der Waals surface area contributed by atoms with Gasteiger partial charge in [0.2, 0.25) is 11.8 Å². The highest BCUT2D eigenvalue weighted by atomic mass is 16.2. The number of hydrogen-bond acceptors (Lipinski definition) is 3. The zero-order chi connectivity index (χ0) is 11.5. The second kappa shape index (κ2) is 4.82. The zero-order valence-corrected chi connectivity index (χ0v) is 9.66. The molecule has 0 bridgehead atoms. The van der Waals surface area contributed by atoms with E-state index in [0.29, 0.717) is 25.4 Å². The first-order valence-corrected chi connectivity index (χ1v) is 5.95. The van der Waals surface area contributed by atoms with E-state index in [0.717, 1.165) is 19.6 Å². The number of rotatable bonds is 1. The van der Waals surface area contributed by atoms with Crippen molar-refractivity contribution in [2.75, 3.05) is 26.2 Å². The van der Waals surface area contributed by atoms with Crippen LogP contribution in [0.1, 0.15) is 19.8 Å². The Balaban J connectivity index is 1.89. The summed E-state index contributed by atoms with van der Waals surface area (Å²) in [5.41, 5.74) is 0. The maximum Gasteiger partial charge on any atom is 0.227 e. The fourth-order valence-electron chi connectivity index (χ4n) is 2.33. The molecule has 2 heterocycles. The van der Waals surface area contributed by atoms with Crippen molar-refractivity contribution in [3.8, 4) is 0 Å². The van der Waals surface area contributed by atoms with Gasteiger partial charge in [0.15, 0.2) is 0 Å². The first kappa shape index (κ1) is 11.4. The third kappa shape index (κ3) is 2.52. The summed E-state index contributed by atoms with van der Waals surface area (Å²) in [4.78, 5) is 25.1. The van der Waals surface area contributed by atoms with Crippen molar-refractivity contribution in [1.29, 1.82) is 0 Å². The van der Waals surface area contributed by atoms with Gasteiger partial charge in [0.1, 0.15) is 0 Å². The van der Waals surface area contributed by atoms with Crippen molar-refractivity contribution in [1.82, 2.24) is 15.5 Å². The van der Waals surface area contributed by atoms with E-state index in [1.807, 2.05) is 4.90 Å². The van der Waals surface area contributed by atoms with Crippen LogP contribution < -0.4 is 10.6 Å². The van der Waals surface area contributed by atoms with Crippen molar-refractivity contribution >= 4 is 11.8 Å². The Hall–Kier alpha value is -1.10. The molecule has 5 heteroatoms. The monoisotopic (exact) mass is 225 g/mol. The van der Waals surface area contributed by atoms with Crippen molar-refractivity contribution in [2.45, 2.75) is 25.8 Å². The molecule has 0 aromatic heterocycles. The summed E-state index contributed by atoms with van der Waals surface area (Å²) in [6.07, 6.45) is 1.18. The smallest absolute Gasteiger partial charge is 0.227 e. The van der Waals surface area contributed by atoms with Crippen LogP contribution in [-0.2, 0) is 9.59 Å². The van der Waals surface area contributed by atoms with E-state index >= 15 is 0 Å². The number of carbonyl (C=O) groups is 2. The molecular weight excluding hydrogens is 206 g/mol. The summed E-state index contributed by atoms with van der Waals surface area (Å²) in [5.74, 6) is 0.258. The fourth-order valence-corrected chi connectivity index (χ4v) is 2.33. The van der Waals surface area contributed by atoms with Gasteiger partial charge in [0.05, 0.1) is 5.92 Å². The molecule has 2 rings (SSSR count). The molecule has 90 valence electrons. The van der Waals surface area contributed by atoms with Gasteiger partial charge in [-0.15, -0.1) is 0 Å². The van der Waals surface area contributed by atoms with Gasteiger partial charge in [-0.1, -0.05) is 0 Å². The molecule has 5 nitrogen and oxygen atoms in total. The molecule has 2 atom stereocenters. The van der Waals surface area contributed by atoms with E-state index in [2.05, 4.69) is 17.6 Å². The molecule has 0 aliphatic carbocycles. The number of nitrogens with one attached hydrogen (secondary N) is 2. The van der Waals surface area contributed by atoms with Gasteiger partial charge in [-0.2, -0.15) is 0 Å². The van der Waals surface area contributed by atoms with Crippen LogP contribution in [0.2, 0.25) is 0 Å². The lowest BCUT2D eigenvalue weighted by molar-refractivity contribution is -0.138. The van der Waals surface area contributed by atoms with Crippen molar-refractivity contribution < 1.29 is 9.59 Å². The molecule has 2 unspecified atom stereocenters. The molecule has 0 radical (unpaired) electrons. The Morgan fingerprint density at radius 1 is 1.50 bits per heavy atom. The highest BCUT2D eigenvalue weighted by Crippen LogP contribution is 2.15. The van der Waals surface area contributed by atoms with Crippen molar-refractivity contribution in [2.24, 2.45) is 5.92 Å². The average Bonchev–Trinajstić information content (AvgIpc) is 2.29. The number of amides is 2. The first-order valence-electron chi connectivity index (χ1n) is 5.95. The lowest BCUT2D eigenvalue weighted by Crippen LogP contribution is -2.54. The fraction of sp³-hybridized carbons (Fsp3) is 0.818. The first-order chi connectivity index (χ1) is 7.66. The van der Waals surface area contributed by atoms with Crippen LogP contribution in [0.4, 0.5) is 0 Å². The van der Waals surface area contributed by atoms with Gasteiger partial charge < -0.3 is 15.5 Å². The molecule has 2 aliphatic heterocycles. The minimum absolute atomic E-state index is 0.0111. The average molecular weight is 225 g/mol. The van der Waals surface area contributed by atoms with Gasteiger partial charge in [-0.05, 0) is 13.3 Å². The number of piperazine rings is 1. The van der Waals surface area contributed by atoms with Crippen molar-refractivity contribution in [3.05, 3.63) is 0 Å². The van der Waals surface area contributed by atoms with Crippen LogP contribution >= 0.6 is 0 Å². The largest absolute Gasteiger partial charge is 0.355 e. The molecule has 0 aromatic rings. The van der Waals surface area contributed by atoms with Gasteiger partial charge in [-0.25, -0.2) is 0 Å². The van der Waals surface area contributed by atoms with Gasteiger partial charge in [0, 0.05) is 38.6 Å². The minimum atomic E-state index is -0.0111. The second-order valence-electron chi connectivity index (χ2n) is 4.68. The summed E-state index contributed by atoms with van der Waals surface area (Å²) in [5, 5.41) is 6.07. The van der Waals surface area contributed by atoms with Crippen LogP contribution in [-0.4, -0.2) is 48.9 Å². The van der Waals surface area contributed by atoms with Crippen molar-refractivity contribution in [3.63, 3.8) is 0 Å². The maximum absolute atomic E-state index is 12.2. The normalized spacial score (nSPS) is 31.1. The van der Waals surface area contributed by atoms with Crippen LogP contribution in [0.15, 0.2) is 0 Å². The molecule has 2 amide bonds. The predicted molar refractivity (Wildman–Crippen MR) is 59.8 cm³/mol. The Bertz CT molecular complexity index is 283. The van der Waals surface area contributed by atoms with E-state index in [9.17, 15) is 9.59 Å². The Morgan fingerprint density at radius 2 is 2.31 bits per heavy atom. The summed E-state index contributed by atoms with van der Waals surface area (Å²) in [6.45, 7) is 5.03. The standard InChI is InChI=1S/C11H19N3O2/c1-8-7-14(5-4-12-8)11(16)9-2-3-10(15)13-6-9/h8-9,12H,2-7H2,1H3,(H,13,15). The number of piperidine rings is 1. The van der Waals surface area contributed by atoms with E-state index < -0.39 is 0 Å². The quantitative estimate of drug-likeness (QED) is 0.622. The molecule has 2 fully saturated rings. The molecule has 2 aliphatic rings. The lowest BCUT2D eigenvalue weighted by Gasteiger charge is -2.35. The molecule has 0 spiro atoms. The summed E-state index contributed by atoms with van der Waals surface area (Å²) in [6, 6.07) is 0.371. The maximum atomic E-state index is 12.2. The molecule has 0 aromatic carbocycles. The molecule has 2 saturated heterocycles. The van der Waals surface area contributed by atoms with Crippen LogP contribution in [0, 0.1) is 5.92 Å². The topological polar surface area (TPSA) is 61.4 Å². The number of carbonyl (C=O) groups excluding carboxylic acids is 2. The van der Waals surface area contributed by atoms with E-state index in [4.69, 9.17) is 0 Å². The Kier molecular flexibility index (Phi) is 3.43. The Morgan fingerprint density at radius 3 is 2.94 bits per heavy atom. The van der Waals surface area contributed by atoms with E-state index in [-0.39, 0.29) is 17.7 Å². The summed E-state index contributed by atoms with van der Waals surface area (Å²) >= 11 is 0. The van der Waals surface area contributed by atoms with E-state index in [1.165, 1.54) is 0 Å². The van der Waals surface area contributed by atoms with Gasteiger partial charge in [0.25, 0.3) is 0 Å². The molecule has 16 heavy (non-hydrogen) atoms. The third-order valence-corrected chi connectivity index (χ3v) is 3.30. The van der Waals surface area contributed by atoms with Crippen LogP contribution in [0.3, 0.4) is 0 Å².